The summed E-state index contributed by atoms with van der Waals surface area (Å²) in [5, 5.41) is 0. The number of unbranched alkanes of at least 4 members (excludes halogenated alkanes) is 2. The number of aryl methyl sites for hydroxylation is 3. The number of likely N-dealkylation sites (N-methyl/N-ethyl adjacent to an activating group) is 1. The normalized spacial score (nSPS) is 12.0. The van der Waals surface area contributed by atoms with Crippen LogP contribution in [0.5, 0.6) is 5.75 Å². The van der Waals surface area contributed by atoms with E-state index in [1.165, 1.54) is 16.7 Å². The highest BCUT2D eigenvalue weighted by Crippen LogP contribution is 2.18. The highest BCUT2D eigenvalue weighted by Gasteiger charge is 2.16. The fraction of sp³-hybridized carbons (Fsp3) is 0.519. The van der Waals surface area contributed by atoms with E-state index in [4.69, 9.17) is 9.47 Å². The Morgan fingerprint density at radius 3 is 2.23 bits per heavy atom. The largest absolute Gasteiger partial charge is 0.497 e. The molecule has 0 unspecified atom stereocenters. The number of hydrogen-bond donors (Lipinski definition) is 0. The van der Waals surface area contributed by atoms with Gasteiger partial charge in [0.05, 0.1) is 7.11 Å². The standard InChI is InChI=1S/C27H39NO3/c1-5-6-7-12-27(29)31-26(21-28(2)3)20-17-24-11-9-8-10-23(24)16-13-22-14-18-25(30-4)19-15-22/h8-11,14-15,18-19,26H,5-7,12-13,16-17,20-21H2,1-4H3/t26-/m1/s1. The first-order valence-corrected chi connectivity index (χ1v) is 11.6. The minimum atomic E-state index is -0.0706. The molecule has 2 aromatic rings. The highest BCUT2D eigenvalue weighted by molar-refractivity contribution is 5.69. The van der Waals surface area contributed by atoms with E-state index >= 15 is 0 Å². The van der Waals surface area contributed by atoms with E-state index in [2.05, 4.69) is 48.2 Å². The van der Waals surface area contributed by atoms with Crippen LogP contribution in [-0.2, 0) is 28.8 Å². The lowest BCUT2D eigenvalue weighted by molar-refractivity contribution is -0.150. The first-order valence-electron chi connectivity index (χ1n) is 11.6. The molecule has 0 radical (unpaired) electrons. The average molecular weight is 426 g/mol. The Bertz CT molecular complexity index is 770. The summed E-state index contributed by atoms with van der Waals surface area (Å²) in [7, 11) is 5.75. The van der Waals surface area contributed by atoms with Crippen molar-refractivity contribution in [2.24, 2.45) is 0 Å². The predicted molar refractivity (Wildman–Crippen MR) is 128 cm³/mol. The molecule has 0 aliphatic carbocycles. The van der Waals surface area contributed by atoms with Crippen LogP contribution in [0.2, 0.25) is 0 Å². The van der Waals surface area contributed by atoms with Gasteiger partial charge in [0.25, 0.3) is 0 Å². The van der Waals surface area contributed by atoms with Gasteiger partial charge in [-0.1, -0.05) is 56.2 Å². The molecule has 2 aromatic carbocycles. The van der Waals surface area contributed by atoms with Crippen LogP contribution >= 0.6 is 0 Å². The Kier molecular flexibility index (Phi) is 11.2. The van der Waals surface area contributed by atoms with Crippen molar-refractivity contribution in [3.05, 3.63) is 65.2 Å². The zero-order valence-electron chi connectivity index (χ0n) is 19.7. The van der Waals surface area contributed by atoms with Crippen molar-refractivity contribution in [3.63, 3.8) is 0 Å². The minimum Gasteiger partial charge on any atom is -0.497 e. The van der Waals surface area contributed by atoms with Gasteiger partial charge in [0.15, 0.2) is 0 Å². The molecule has 0 aromatic heterocycles. The van der Waals surface area contributed by atoms with Gasteiger partial charge in [-0.2, -0.15) is 0 Å². The maximum Gasteiger partial charge on any atom is 0.306 e. The summed E-state index contributed by atoms with van der Waals surface area (Å²) < 4.78 is 11.1. The zero-order chi connectivity index (χ0) is 22.5. The molecule has 0 N–H and O–H groups in total. The Hall–Kier alpha value is -2.33. The van der Waals surface area contributed by atoms with E-state index in [-0.39, 0.29) is 12.1 Å². The molecule has 0 spiro atoms. The van der Waals surface area contributed by atoms with Gasteiger partial charge in [0.1, 0.15) is 11.9 Å². The lowest BCUT2D eigenvalue weighted by Crippen LogP contribution is -2.31. The summed E-state index contributed by atoms with van der Waals surface area (Å²) in [6.07, 6.45) is 7.31. The fourth-order valence-electron chi connectivity index (χ4n) is 3.79. The highest BCUT2D eigenvalue weighted by atomic mass is 16.5. The van der Waals surface area contributed by atoms with Crippen LogP contribution in [-0.4, -0.2) is 44.7 Å². The Morgan fingerprint density at radius 2 is 1.61 bits per heavy atom. The van der Waals surface area contributed by atoms with Gasteiger partial charge < -0.3 is 14.4 Å². The average Bonchev–Trinajstić information content (AvgIpc) is 2.76. The van der Waals surface area contributed by atoms with E-state index in [1.54, 1.807) is 7.11 Å². The molecule has 0 saturated heterocycles. The van der Waals surface area contributed by atoms with Crippen molar-refractivity contribution in [1.82, 2.24) is 4.90 Å². The van der Waals surface area contributed by atoms with Gasteiger partial charge in [-0.3, -0.25) is 4.79 Å². The molecular weight excluding hydrogens is 386 g/mol. The molecule has 1 atom stereocenters. The number of esters is 1. The van der Waals surface area contributed by atoms with E-state index in [1.807, 2.05) is 26.2 Å². The Morgan fingerprint density at radius 1 is 0.935 bits per heavy atom. The van der Waals surface area contributed by atoms with Gasteiger partial charge in [-0.15, -0.1) is 0 Å². The molecule has 0 saturated carbocycles. The first kappa shape index (κ1) is 24.9. The number of benzene rings is 2. The number of carbonyl (C=O) groups is 1. The van der Waals surface area contributed by atoms with Crippen LogP contribution in [0.3, 0.4) is 0 Å². The third kappa shape index (κ3) is 9.56. The molecule has 0 bridgehead atoms. The Labute approximate surface area is 188 Å². The number of nitrogens with zero attached hydrogens (tertiary/aromatic N) is 1. The summed E-state index contributed by atoms with van der Waals surface area (Å²) in [4.78, 5) is 14.3. The van der Waals surface area contributed by atoms with Crippen LogP contribution in [0.15, 0.2) is 48.5 Å². The van der Waals surface area contributed by atoms with E-state index < -0.39 is 0 Å². The van der Waals surface area contributed by atoms with Gasteiger partial charge in [-0.25, -0.2) is 0 Å². The third-order valence-corrected chi connectivity index (χ3v) is 5.55. The Balaban J connectivity index is 1.94. The second-order valence-corrected chi connectivity index (χ2v) is 8.49. The van der Waals surface area contributed by atoms with Crippen molar-refractivity contribution in [1.29, 1.82) is 0 Å². The molecule has 0 aliphatic heterocycles. The number of hydrogen-bond acceptors (Lipinski definition) is 4. The number of carbonyl (C=O) groups excluding carboxylic acids is 1. The molecule has 0 heterocycles. The molecule has 2 rings (SSSR count). The smallest absolute Gasteiger partial charge is 0.306 e. The van der Waals surface area contributed by atoms with Crippen molar-refractivity contribution in [3.8, 4) is 5.75 Å². The van der Waals surface area contributed by atoms with Crippen LogP contribution in [0, 0.1) is 0 Å². The van der Waals surface area contributed by atoms with Crippen LogP contribution < -0.4 is 4.74 Å². The summed E-state index contributed by atoms with van der Waals surface area (Å²) >= 11 is 0. The SMILES string of the molecule is CCCCCC(=O)O[C@H](CCc1ccccc1CCc1ccc(OC)cc1)CN(C)C. The van der Waals surface area contributed by atoms with Gasteiger partial charge in [0.2, 0.25) is 0 Å². The second-order valence-electron chi connectivity index (χ2n) is 8.49. The minimum absolute atomic E-state index is 0.0620. The molecule has 170 valence electrons. The molecule has 0 aliphatic rings. The quantitative estimate of drug-likeness (QED) is 0.297. The maximum absolute atomic E-state index is 12.2. The monoisotopic (exact) mass is 425 g/mol. The molecule has 0 amide bonds. The van der Waals surface area contributed by atoms with Crippen molar-refractivity contribution in [2.75, 3.05) is 27.7 Å². The van der Waals surface area contributed by atoms with E-state index in [9.17, 15) is 4.79 Å². The van der Waals surface area contributed by atoms with Crippen molar-refractivity contribution < 1.29 is 14.3 Å². The molecule has 4 nitrogen and oxygen atoms in total. The summed E-state index contributed by atoms with van der Waals surface area (Å²) in [6, 6.07) is 16.9. The molecule has 4 heteroatoms. The lowest BCUT2D eigenvalue weighted by atomic mass is 9.96. The summed E-state index contributed by atoms with van der Waals surface area (Å²) in [5.74, 6) is 0.827. The topological polar surface area (TPSA) is 38.8 Å². The predicted octanol–water partition coefficient (Wildman–Crippen LogP) is 5.47. The lowest BCUT2D eigenvalue weighted by Gasteiger charge is -2.22. The van der Waals surface area contributed by atoms with E-state index in [0.29, 0.717) is 6.42 Å². The first-order chi connectivity index (χ1) is 15.0. The van der Waals surface area contributed by atoms with Gasteiger partial charge >= 0.3 is 5.97 Å². The molecule has 0 fully saturated rings. The fourth-order valence-corrected chi connectivity index (χ4v) is 3.79. The maximum atomic E-state index is 12.2. The van der Waals surface area contributed by atoms with Crippen LogP contribution in [0.25, 0.3) is 0 Å². The summed E-state index contributed by atoms with van der Waals surface area (Å²) in [5.41, 5.74) is 4.03. The third-order valence-electron chi connectivity index (χ3n) is 5.55. The van der Waals surface area contributed by atoms with Gasteiger partial charge in [0, 0.05) is 13.0 Å². The number of methoxy groups -OCH3 is 1. The second kappa shape index (κ2) is 13.9. The molecular formula is C27H39NO3. The van der Waals surface area contributed by atoms with Gasteiger partial charge in [-0.05, 0) is 75.0 Å². The van der Waals surface area contributed by atoms with E-state index in [0.717, 1.165) is 57.2 Å². The summed E-state index contributed by atoms with van der Waals surface area (Å²) in [6.45, 7) is 2.90. The number of ether oxygens (including phenoxy) is 2. The number of rotatable bonds is 14. The van der Waals surface area contributed by atoms with Crippen LogP contribution in [0.4, 0.5) is 0 Å². The molecule has 31 heavy (non-hydrogen) atoms. The van der Waals surface area contributed by atoms with Crippen molar-refractivity contribution in [2.45, 2.75) is 64.4 Å². The van der Waals surface area contributed by atoms with Crippen molar-refractivity contribution >= 4 is 5.97 Å². The van der Waals surface area contributed by atoms with Crippen LogP contribution in [0.1, 0.15) is 55.7 Å². The zero-order valence-corrected chi connectivity index (χ0v) is 19.7.